The molecular weight excluding hydrogens is 374 g/mol. The van der Waals surface area contributed by atoms with Gasteiger partial charge in [-0.2, -0.15) is 0 Å². The summed E-state index contributed by atoms with van der Waals surface area (Å²) in [6.45, 7) is 4.76. The number of piperazine rings is 1. The van der Waals surface area contributed by atoms with E-state index in [-0.39, 0.29) is 5.91 Å². The molecule has 6 nitrogen and oxygen atoms in total. The number of aromatic nitrogens is 2. The number of pyridine rings is 2. The monoisotopic (exact) mass is 399 g/mol. The van der Waals surface area contributed by atoms with Crippen LogP contribution in [0.2, 0.25) is 0 Å². The predicted octanol–water partition coefficient (Wildman–Crippen LogP) is 3.45. The van der Waals surface area contributed by atoms with Crippen LogP contribution in [0.3, 0.4) is 0 Å². The number of anilines is 2. The Bertz CT molecular complexity index is 965. The highest BCUT2D eigenvalue weighted by molar-refractivity contribution is 6.01. The second kappa shape index (κ2) is 9.80. The van der Waals surface area contributed by atoms with Crippen LogP contribution in [0, 0.1) is 0 Å². The van der Waals surface area contributed by atoms with E-state index in [1.165, 1.54) is 11.6 Å². The third-order valence-corrected chi connectivity index (χ3v) is 5.07. The summed E-state index contributed by atoms with van der Waals surface area (Å²) in [7, 11) is 0. The first kappa shape index (κ1) is 19.8. The summed E-state index contributed by atoms with van der Waals surface area (Å²) < 4.78 is 0. The molecule has 0 bridgehead atoms. The summed E-state index contributed by atoms with van der Waals surface area (Å²) in [5.41, 5.74) is 2.92. The van der Waals surface area contributed by atoms with Crippen LogP contribution in [-0.2, 0) is 11.3 Å². The standard InChI is InChI=1S/C24H25N5O/c30-24(11-8-20-5-2-1-3-6-20)27-22-9-10-23(26-18-22)29-15-13-28(14-16-29)19-21-7-4-12-25-17-21/h1-12,17-18H,13-16,19H2,(H,27,30)/b11-8+. The summed E-state index contributed by atoms with van der Waals surface area (Å²) in [5, 5.41) is 2.86. The van der Waals surface area contributed by atoms with Gasteiger partial charge in [0.2, 0.25) is 5.91 Å². The molecule has 0 atom stereocenters. The fourth-order valence-electron chi connectivity index (χ4n) is 3.45. The van der Waals surface area contributed by atoms with Gasteiger partial charge in [0, 0.05) is 51.2 Å². The van der Waals surface area contributed by atoms with Gasteiger partial charge in [-0.15, -0.1) is 0 Å². The number of benzene rings is 1. The number of nitrogens with one attached hydrogen (secondary N) is 1. The smallest absolute Gasteiger partial charge is 0.248 e. The number of nitrogens with zero attached hydrogens (tertiary/aromatic N) is 4. The minimum Gasteiger partial charge on any atom is -0.354 e. The summed E-state index contributed by atoms with van der Waals surface area (Å²) >= 11 is 0. The average molecular weight is 399 g/mol. The van der Waals surface area contributed by atoms with Crippen molar-refractivity contribution in [1.29, 1.82) is 0 Å². The van der Waals surface area contributed by atoms with E-state index in [0.717, 1.165) is 44.1 Å². The molecule has 2 aromatic heterocycles. The molecule has 3 heterocycles. The molecule has 0 saturated carbocycles. The lowest BCUT2D eigenvalue weighted by Gasteiger charge is -2.35. The maximum Gasteiger partial charge on any atom is 0.248 e. The first-order valence-electron chi connectivity index (χ1n) is 10.1. The third kappa shape index (κ3) is 5.52. The maximum absolute atomic E-state index is 12.1. The van der Waals surface area contributed by atoms with Crippen LogP contribution in [0.4, 0.5) is 11.5 Å². The van der Waals surface area contributed by atoms with E-state index in [0.29, 0.717) is 5.69 Å². The van der Waals surface area contributed by atoms with Gasteiger partial charge < -0.3 is 10.2 Å². The van der Waals surface area contributed by atoms with Crippen molar-refractivity contribution in [2.45, 2.75) is 6.54 Å². The van der Waals surface area contributed by atoms with Crippen LogP contribution in [0.5, 0.6) is 0 Å². The molecule has 0 aliphatic carbocycles. The number of hydrogen-bond donors (Lipinski definition) is 1. The predicted molar refractivity (Wildman–Crippen MR) is 120 cm³/mol. The van der Waals surface area contributed by atoms with E-state index in [1.807, 2.05) is 54.7 Å². The van der Waals surface area contributed by atoms with Gasteiger partial charge in [-0.3, -0.25) is 14.7 Å². The molecule has 30 heavy (non-hydrogen) atoms. The van der Waals surface area contributed by atoms with Crippen molar-refractivity contribution in [3.05, 3.63) is 90.4 Å². The van der Waals surface area contributed by atoms with Gasteiger partial charge in [-0.05, 0) is 35.4 Å². The maximum atomic E-state index is 12.1. The zero-order valence-corrected chi connectivity index (χ0v) is 16.8. The fraction of sp³-hybridized carbons (Fsp3) is 0.208. The highest BCUT2D eigenvalue weighted by Crippen LogP contribution is 2.17. The molecule has 0 spiro atoms. The summed E-state index contributed by atoms with van der Waals surface area (Å²) in [4.78, 5) is 25.6. The van der Waals surface area contributed by atoms with Gasteiger partial charge in [0.1, 0.15) is 5.82 Å². The Kier molecular flexibility index (Phi) is 6.47. The molecule has 0 unspecified atom stereocenters. The minimum absolute atomic E-state index is 0.169. The molecule has 1 amide bonds. The van der Waals surface area contributed by atoms with Crippen LogP contribution in [0.25, 0.3) is 6.08 Å². The second-order valence-electron chi connectivity index (χ2n) is 7.26. The van der Waals surface area contributed by atoms with Gasteiger partial charge >= 0.3 is 0 Å². The summed E-state index contributed by atoms with van der Waals surface area (Å²) in [5.74, 6) is 0.770. The SMILES string of the molecule is O=C(/C=C/c1ccccc1)Nc1ccc(N2CCN(Cc3cccnc3)CC2)nc1. The van der Waals surface area contributed by atoms with Crippen molar-refractivity contribution in [1.82, 2.24) is 14.9 Å². The van der Waals surface area contributed by atoms with Crippen molar-refractivity contribution in [3.8, 4) is 0 Å². The Balaban J connectivity index is 1.26. The number of hydrogen-bond acceptors (Lipinski definition) is 5. The van der Waals surface area contributed by atoms with Gasteiger partial charge in [-0.25, -0.2) is 4.98 Å². The summed E-state index contributed by atoms with van der Waals surface area (Å²) in [6, 6.07) is 17.7. The van der Waals surface area contributed by atoms with Crippen molar-refractivity contribution >= 4 is 23.5 Å². The highest BCUT2D eigenvalue weighted by atomic mass is 16.1. The van der Waals surface area contributed by atoms with Crippen LogP contribution >= 0.6 is 0 Å². The van der Waals surface area contributed by atoms with E-state index >= 15 is 0 Å². The van der Waals surface area contributed by atoms with Gasteiger partial charge in [0.25, 0.3) is 0 Å². The molecule has 6 heteroatoms. The quantitative estimate of drug-likeness (QED) is 0.644. The lowest BCUT2D eigenvalue weighted by atomic mass is 10.2. The van der Waals surface area contributed by atoms with E-state index in [1.54, 1.807) is 18.5 Å². The second-order valence-corrected chi connectivity index (χ2v) is 7.26. The minimum atomic E-state index is -0.169. The molecule has 1 aromatic carbocycles. The molecule has 0 radical (unpaired) electrons. The normalized spacial score (nSPS) is 14.7. The van der Waals surface area contributed by atoms with Crippen LogP contribution in [0.15, 0.2) is 79.3 Å². The van der Waals surface area contributed by atoms with E-state index in [4.69, 9.17) is 0 Å². The average Bonchev–Trinajstić information content (AvgIpc) is 2.80. The number of rotatable bonds is 6. The Morgan fingerprint density at radius 1 is 0.967 bits per heavy atom. The molecule has 152 valence electrons. The Morgan fingerprint density at radius 2 is 1.80 bits per heavy atom. The van der Waals surface area contributed by atoms with Crippen molar-refractivity contribution in [3.63, 3.8) is 0 Å². The highest BCUT2D eigenvalue weighted by Gasteiger charge is 2.18. The third-order valence-electron chi connectivity index (χ3n) is 5.07. The Hall–Kier alpha value is -3.51. The van der Waals surface area contributed by atoms with Crippen LogP contribution < -0.4 is 10.2 Å². The van der Waals surface area contributed by atoms with Crippen molar-refractivity contribution in [2.24, 2.45) is 0 Å². The molecule has 1 aliphatic rings. The number of carbonyl (C=O) groups is 1. The van der Waals surface area contributed by atoms with Gasteiger partial charge in [-0.1, -0.05) is 36.4 Å². The molecule has 1 aliphatic heterocycles. The molecule has 3 aromatic rings. The Labute approximate surface area is 176 Å². The lowest BCUT2D eigenvalue weighted by molar-refractivity contribution is -0.111. The topological polar surface area (TPSA) is 61.4 Å². The number of amides is 1. The largest absolute Gasteiger partial charge is 0.354 e. The van der Waals surface area contributed by atoms with Crippen molar-refractivity contribution in [2.75, 3.05) is 36.4 Å². The zero-order chi connectivity index (χ0) is 20.6. The Morgan fingerprint density at radius 3 is 2.50 bits per heavy atom. The molecule has 4 rings (SSSR count). The molecule has 1 saturated heterocycles. The van der Waals surface area contributed by atoms with Gasteiger partial charge in [0.05, 0.1) is 11.9 Å². The molecule has 1 fully saturated rings. The first-order chi connectivity index (χ1) is 14.8. The first-order valence-corrected chi connectivity index (χ1v) is 10.1. The number of carbonyl (C=O) groups excluding carboxylic acids is 1. The lowest BCUT2D eigenvalue weighted by Crippen LogP contribution is -2.46. The van der Waals surface area contributed by atoms with E-state index in [9.17, 15) is 4.79 Å². The van der Waals surface area contributed by atoms with E-state index in [2.05, 4.69) is 31.2 Å². The summed E-state index contributed by atoms with van der Waals surface area (Å²) in [6.07, 6.45) is 8.77. The van der Waals surface area contributed by atoms with E-state index < -0.39 is 0 Å². The fourth-order valence-corrected chi connectivity index (χ4v) is 3.45. The van der Waals surface area contributed by atoms with Crippen molar-refractivity contribution < 1.29 is 4.79 Å². The van der Waals surface area contributed by atoms with Crippen LogP contribution in [-0.4, -0.2) is 47.0 Å². The van der Waals surface area contributed by atoms with Gasteiger partial charge in [0.15, 0.2) is 0 Å². The van der Waals surface area contributed by atoms with Crippen LogP contribution in [0.1, 0.15) is 11.1 Å². The zero-order valence-electron chi connectivity index (χ0n) is 16.8. The molecular formula is C24H25N5O. The molecule has 1 N–H and O–H groups in total.